The summed E-state index contributed by atoms with van der Waals surface area (Å²) in [6.07, 6.45) is 1.53. The smallest absolute Gasteiger partial charge is 0.261 e. The summed E-state index contributed by atoms with van der Waals surface area (Å²) in [5.74, 6) is 0.470. The molecule has 0 bridgehead atoms. The van der Waals surface area contributed by atoms with Crippen LogP contribution in [0.25, 0.3) is 32.9 Å². The highest BCUT2D eigenvalue weighted by Gasteiger charge is 2.18. The molecule has 0 radical (unpaired) electrons. The molecular weight excluding hydrogens is 402 g/mol. The zero-order valence-corrected chi connectivity index (χ0v) is 19.5. The van der Waals surface area contributed by atoms with Gasteiger partial charge in [0.2, 0.25) is 0 Å². The summed E-state index contributed by atoms with van der Waals surface area (Å²) in [5.41, 5.74) is 3.58. The number of pyridine rings is 2. The van der Waals surface area contributed by atoms with Gasteiger partial charge < -0.3 is 20.0 Å². The van der Waals surface area contributed by atoms with Gasteiger partial charge in [-0.1, -0.05) is 45.0 Å². The Morgan fingerprint density at radius 3 is 2.28 bits per heavy atom. The number of phenolic OH excluding ortho intramolecular Hbond substituents is 1. The molecule has 2 heterocycles. The number of rotatable bonds is 4. The van der Waals surface area contributed by atoms with Crippen molar-refractivity contribution in [1.29, 1.82) is 0 Å². The van der Waals surface area contributed by atoms with Gasteiger partial charge in [0.05, 0.1) is 11.0 Å². The van der Waals surface area contributed by atoms with Gasteiger partial charge in [0, 0.05) is 29.8 Å². The number of H-pyrrole nitrogens is 2. The molecule has 0 saturated carbocycles. The SMILES string of the molecule is CC.Cc1cc(O)c(-c2ccc(C(C)CN(C)C)cc2)c2c1[nH]c(=O)c1c(=O)cc[nH]c12. The van der Waals surface area contributed by atoms with Gasteiger partial charge in [-0.05, 0) is 49.7 Å². The van der Waals surface area contributed by atoms with Crippen LogP contribution in [0.1, 0.15) is 37.8 Å². The van der Waals surface area contributed by atoms with Gasteiger partial charge in [-0.2, -0.15) is 0 Å². The van der Waals surface area contributed by atoms with E-state index in [4.69, 9.17) is 0 Å². The van der Waals surface area contributed by atoms with Crippen LogP contribution in [-0.2, 0) is 0 Å². The van der Waals surface area contributed by atoms with E-state index in [-0.39, 0.29) is 16.6 Å². The number of aromatic amines is 2. The predicted molar refractivity (Wildman–Crippen MR) is 133 cm³/mol. The molecule has 0 spiro atoms. The summed E-state index contributed by atoms with van der Waals surface area (Å²) < 4.78 is 0. The molecule has 0 fully saturated rings. The summed E-state index contributed by atoms with van der Waals surface area (Å²) >= 11 is 0. The fraction of sp³-hybridized carbons (Fsp3) is 0.308. The zero-order valence-electron chi connectivity index (χ0n) is 19.5. The number of aromatic nitrogens is 2. The lowest BCUT2D eigenvalue weighted by molar-refractivity contribution is 0.383. The van der Waals surface area contributed by atoms with Gasteiger partial charge in [0.1, 0.15) is 11.1 Å². The minimum Gasteiger partial charge on any atom is -0.507 e. The molecule has 4 rings (SSSR count). The Labute approximate surface area is 187 Å². The molecule has 2 aromatic heterocycles. The van der Waals surface area contributed by atoms with Crippen LogP contribution >= 0.6 is 0 Å². The first-order chi connectivity index (χ1) is 15.3. The third-order valence-electron chi connectivity index (χ3n) is 5.59. The average Bonchev–Trinajstić information content (AvgIpc) is 2.76. The van der Waals surface area contributed by atoms with Crippen molar-refractivity contribution >= 4 is 21.8 Å². The maximum absolute atomic E-state index is 12.6. The first-order valence-corrected chi connectivity index (χ1v) is 10.9. The van der Waals surface area contributed by atoms with Gasteiger partial charge >= 0.3 is 0 Å². The van der Waals surface area contributed by atoms with Crippen LogP contribution in [0.5, 0.6) is 5.75 Å². The average molecular weight is 434 g/mol. The lowest BCUT2D eigenvalue weighted by atomic mass is 9.93. The fourth-order valence-electron chi connectivity index (χ4n) is 4.21. The standard InChI is InChI=1S/C24H25N3O3.C2H6/c1-13-11-18(29)19(16-7-5-15(6-8-16)14(2)12-27(3)4)21-22(13)26-24(30)20-17(28)9-10-25-23(20)21;1-2/h5-11,14,29H,12H2,1-4H3,(H,25,28)(H,26,30);1-2H3. The molecule has 2 aromatic carbocycles. The highest BCUT2D eigenvalue weighted by atomic mass is 16.3. The first-order valence-electron chi connectivity index (χ1n) is 10.9. The lowest BCUT2D eigenvalue weighted by Gasteiger charge is -2.18. The molecule has 0 saturated heterocycles. The van der Waals surface area contributed by atoms with Gasteiger partial charge in [-0.3, -0.25) is 9.59 Å². The number of fused-ring (bicyclic) bond motifs is 3. The van der Waals surface area contributed by atoms with E-state index in [1.54, 1.807) is 6.07 Å². The minimum atomic E-state index is -0.438. The Balaban J connectivity index is 0.00000141. The van der Waals surface area contributed by atoms with Crippen LogP contribution in [0.4, 0.5) is 0 Å². The molecule has 6 nitrogen and oxygen atoms in total. The van der Waals surface area contributed by atoms with E-state index >= 15 is 0 Å². The second kappa shape index (κ2) is 9.40. The number of benzene rings is 2. The van der Waals surface area contributed by atoms with Crippen molar-refractivity contribution in [2.24, 2.45) is 0 Å². The monoisotopic (exact) mass is 433 g/mol. The Bertz CT molecular complexity index is 1370. The highest BCUT2D eigenvalue weighted by molar-refractivity contribution is 6.13. The van der Waals surface area contributed by atoms with Crippen LogP contribution in [0.2, 0.25) is 0 Å². The van der Waals surface area contributed by atoms with Gasteiger partial charge in [0.15, 0.2) is 5.43 Å². The Morgan fingerprint density at radius 1 is 1.00 bits per heavy atom. The Kier molecular flexibility index (Phi) is 6.84. The van der Waals surface area contributed by atoms with Crippen LogP contribution < -0.4 is 11.0 Å². The van der Waals surface area contributed by atoms with Crippen molar-refractivity contribution in [1.82, 2.24) is 14.9 Å². The Morgan fingerprint density at radius 2 is 1.66 bits per heavy atom. The minimum absolute atomic E-state index is 0.0625. The number of hydrogen-bond acceptors (Lipinski definition) is 4. The quantitative estimate of drug-likeness (QED) is 0.406. The predicted octanol–water partition coefficient (Wildman–Crippen LogP) is 4.74. The summed E-state index contributed by atoms with van der Waals surface area (Å²) in [5, 5.41) is 11.5. The van der Waals surface area contributed by atoms with Crippen molar-refractivity contribution in [3.8, 4) is 16.9 Å². The summed E-state index contributed by atoms with van der Waals surface area (Å²) in [6, 6.07) is 11.0. The molecule has 4 aromatic rings. The summed E-state index contributed by atoms with van der Waals surface area (Å²) in [4.78, 5) is 33.0. The van der Waals surface area contributed by atoms with Crippen LogP contribution in [0.15, 0.2) is 52.2 Å². The number of phenols is 1. The van der Waals surface area contributed by atoms with E-state index in [9.17, 15) is 14.7 Å². The molecule has 0 aliphatic rings. The van der Waals surface area contributed by atoms with E-state index < -0.39 is 5.56 Å². The third kappa shape index (κ3) is 4.18. The third-order valence-corrected chi connectivity index (χ3v) is 5.59. The van der Waals surface area contributed by atoms with Crippen molar-refractivity contribution in [2.75, 3.05) is 20.6 Å². The topological polar surface area (TPSA) is 89.2 Å². The molecule has 0 aliphatic heterocycles. The van der Waals surface area contributed by atoms with E-state index in [2.05, 4.69) is 33.9 Å². The van der Waals surface area contributed by atoms with Crippen LogP contribution in [0, 0.1) is 6.92 Å². The number of hydrogen-bond donors (Lipinski definition) is 3. The van der Waals surface area contributed by atoms with Crippen LogP contribution in [-0.4, -0.2) is 40.6 Å². The van der Waals surface area contributed by atoms with Gasteiger partial charge in [-0.15, -0.1) is 0 Å². The fourth-order valence-corrected chi connectivity index (χ4v) is 4.21. The molecule has 168 valence electrons. The van der Waals surface area contributed by atoms with Crippen molar-refractivity contribution in [3.63, 3.8) is 0 Å². The summed E-state index contributed by atoms with van der Waals surface area (Å²) in [6.45, 7) is 8.93. The maximum atomic E-state index is 12.6. The van der Waals surface area contributed by atoms with E-state index in [1.165, 1.54) is 17.8 Å². The zero-order chi connectivity index (χ0) is 23.6. The van der Waals surface area contributed by atoms with E-state index in [0.29, 0.717) is 27.9 Å². The normalized spacial score (nSPS) is 12.1. The van der Waals surface area contributed by atoms with Crippen molar-refractivity contribution in [2.45, 2.75) is 33.6 Å². The Hall–Kier alpha value is -3.38. The molecule has 0 aliphatic carbocycles. The molecular formula is C26H31N3O3. The number of aromatic hydroxyl groups is 1. The lowest BCUT2D eigenvalue weighted by Crippen LogP contribution is -2.18. The van der Waals surface area contributed by atoms with Gasteiger partial charge in [-0.25, -0.2) is 0 Å². The first kappa shape index (κ1) is 23.3. The number of nitrogens with zero attached hydrogens (tertiary/aromatic N) is 1. The molecule has 0 amide bonds. The number of nitrogens with one attached hydrogen (secondary N) is 2. The van der Waals surface area contributed by atoms with E-state index in [1.807, 2.05) is 47.0 Å². The largest absolute Gasteiger partial charge is 0.507 e. The van der Waals surface area contributed by atoms with Crippen molar-refractivity contribution < 1.29 is 5.11 Å². The maximum Gasteiger partial charge on any atom is 0.261 e. The highest BCUT2D eigenvalue weighted by Crippen LogP contribution is 2.39. The summed E-state index contributed by atoms with van der Waals surface area (Å²) in [7, 11) is 4.10. The number of likely N-dealkylation sites (N-methyl/N-ethyl adjacent to an activating group) is 1. The molecule has 6 heteroatoms. The molecule has 3 N–H and O–H groups in total. The van der Waals surface area contributed by atoms with Crippen LogP contribution in [0.3, 0.4) is 0 Å². The van der Waals surface area contributed by atoms with Gasteiger partial charge in [0.25, 0.3) is 5.56 Å². The molecule has 1 atom stereocenters. The van der Waals surface area contributed by atoms with Crippen molar-refractivity contribution in [3.05, 3.63) is 74.3 Å². The molecule has 1 unspecified atom stereocenters. The van der Waals surface area contributed by atoms with E-state index in [0.717, 1.165) is 17.7 Å². The second-order valence-electron chi connectivity index (χ2n) is 8.17. The second-order valence-corrected chi connectivity index (χ2v) is 8.17. The number of aryl methyl sites for hydroxylation is 1. The molecule has 32 heavy (non-hydrogen) atoms.